The molecule has 2 heterocycles. The van der Waals surface area contributed by atoms with Crippen LogP contribution in [-0.2, 0) is 16.8 Å². The van der Waals surface area contributed by atoms with E-state index in [1.54, 1.807) is 17.5 Å². The Labute approximate surface area is 141 Å². The number of amides is 1. The van der Waals surface area contributed by atoms with Crippen LogP contribution in [0.3, 0.4) is 0 Å². The Morgan fingerprint density at radius 3 is 2.65 bits per heavy atom. The predicted octanol–water partition coefficient (Wildman–Crippen LogP) is 3.19. The van der Waals surface area contributed by atoms with Gasteiger partial charge in [-0.25, -0.2) is 4.98 Å². The van der Waals surface area contributed by atoms with Gasteiger partial charge in [0.25, 0.3) is 0 Å². The number of nitrogens with zero attached hydrogens (tertiary/aromatic N) is 2. The lowest BCUT2D eigenvalue weighted by atomic mass is 9.93. The molecular weight excluding hydrogens is 306 g/mol. The third-order valence-electron chi connectivity index (χ3n) is 4.80. The van der Waals surface area contributed by atoms with E-state index in [2.05, 4.69) is 30.2 Å². The predicted molar refractivity (Wildman–Crippen MR) is 94.8 cm³/mol. The van der Waals surface area contributed by atoms with E-state index in [-0.39, 0.29) is 16.7 Å². The molecular formula is C18H23N3OS. The van der Waals surface area contributed by atoms with Crippen LogP contribution in [0.15, 0.2) is 35.8 Å². The molecule has 3 rings (SSSR count). The van der Waals surface area contributed by atoms with Gasteiger partial charge in [-0.2, -0.15) is 0 Å². The zero-order valence-electron chi connectivity index (χ0n) is 14.1. The van der Waals surface area contributed by atoms with E-state index < -0.39 is 0 Å². The Bertz CT molecular complexity index is 709. The van der Waals surface area contributed by atoms with Crippen molar-refractivity contribution in [3.63, 3.8) is 0 Å². The van der Waals surface area contributed by atoms with Gasteiger partial charge in [-0.1, -0.05) is 26.0 Å². The van der Waals surface area contributed by atoms with Crippen LogP contribution in [0.1, 0.15) is 30.7 Å². The topological polar surface area (TPSA) is 45.2 Å². The highest BCUT2D eigenvalue weighted by atomic mass is 32.1. The van der Waals surface area contributed by atoms with Crippen molar-refractivity contribution in [3.05, 3.63) is 46.3 Å². The lowest BCUT2D eigenvalue weighted by Crippen LogP contribution is -2.37. The third-order valence-corrected chi connectivity index (χ3v) is 5.83. The highest BCUT2D eigenvalue weighted by Crippen LogP contribution is 2.65. The summed E-state index contributed by atoms with van der Waals surface area (Å²) in [6.45, 7) is 4.84. The summed E-state index contributed by atoms with van der Waals surface area (Å²) in [5.41, 5.74) is 0.675. The summed E-state index contributed by atoms with van der Waals surface area (Å²) >= 11 is 1.67. The summed E-state index contributed by atoms with van der Waals surface area (Å²) in [5, 5.41) is 5.19. The summed E-state index contributed by atoms with van der Waals surface area (Å²) < 4.78 is 0. The van der Waals surface area contributed by atoms with Gasteiger partial charge < -0.3 is 10.2 Å². The molecule has 0 aromatic carbocycles. The molecule has 0 spiro atoms. The number of rotatable bonds is 5. The minimum absolute atomic E-state index is 0.0151. The normalized spacial score (nSPS) is 21.7. The van der Waals surface area contributed by atoms with Crippen LogP contribution < -0.4 is 10.2 Å². The van der Waals surface area contributed by atoms with Crippen LogP contribution in [0.25, 0.3) is 0 Å². The molecule has 1 N–H and O–H groups in total. The van der Waals surface area contributed by atoms with Gasteiger partial charge >= 0.3 is 0 Å². The number of pyridine rings is 1. The number of anilines is 1. The lowest BCUT2D eigenvalue weighted by Gasteiger charge is -2.20. The average molecular weight is 329 g/mol. The van der Waals surface area contributed by atoms with Gasteiger partial charge in [0.15, 0.2) is 0 Å². The van der Waals surface area contributed by atoms with E-state index in [1.807, 2.05) is 42.6 Å². The van der Waals surface area contributed by atoms with E-state index in [0.717, 1.165) is 17.8 Å². The van der Waals surface area contributed by atoms with E-state index in [0.29, 0.717) is 6.54 Å². The summed E-state index contributed by atoms with van der Waals surface area (Å²) in [5.74, 6) is 1.02. The van der Waals surface area contributed by atoms with Gasteiger partial charge in [-0.05, 0) is 29.3 Å². The molecule has 1 atom stereocenters. The Kier molecular flexibility index (Phi) is 3.92. The highest BCUT2D eigenvalue weighted by Gasteiger charge is 2.67. The molecule has 5 heteroatoms. The molecule has 122 valence electrons. The summed E-state index contributed by atoms with van der Waals surface area (Å²) in [7, 11) is 3.93. The maximum atomic E-state index is 13.0. The number of carbonyl (C=O) groups excluding carboxylic acids is 1. The smallest absolute Gasteiger partial charge is 0.232 e. The van der Waals surface area contributed by atoms with Gasteiger partial charge in [0, 0.05) is 37.3 Å². The van der Waals surface area contributed by atoms with Crippen molar-refractivity contribution in [1.29, 1.82) is 0 Å². The standard InChI is InChI=1S/C18H23N3OS/c1-17(2)12-18(17,14-8-6-10-23-14)16(22)20-11-13-7-5-9-19-15(13)21(3)4/h5-10H,11-12H2,1-4H3,(H,20,22)/t18-/m1/s1. The Balaban J connectivity index is 1.78. The number of carbonyl (C=O) groups is 1. The van der Waals surface area contributed by atoms with Crippen LogP contribution in [0.2, 0.25) is 0 Å². The van der Waals surface area contributed by atoms with E-state index in [9.17, 15) is 4.79 Å². The molecule has 0 bridgehead atoms. The van der Waals surface area contributed by atoms with Crippen molar-refractivity contribution in [3.8, 4) is 0 Å². The Morgan fingerprint density at radius 1 is 1.35 bits per heavy atom. The van der Waals surface area contributed by atoms with Crippen molar-refractivity contribution in [2.75, 3.05) is 19.0 Å². The largest absolute Gasteiger partial charge is 0.362 e. The average Bonchev–Trinajstić information content (AvgIpc) is 2.91. The number of aromatic nitrogens is 1. The minimum Gasteiger partial charge on any atom is -0.362 e. The minimum atomic E-state index is -0.373. The second-order valence-corrected chi connectivity index (χ2v) is 7.95. The molecule has 1 amide bonds. The first kappa shape index (κ1) is 16.0. The van der Waals surface area contributed by atoms with Crippen LogP contribution in [0.4, 0.5) is 5.82 Å². The van der Waals surface area contributed by atoms with Gasteiger partial charge in [0.2, 0.25) is 5.91 Å². The van der Waals surface area contributed by atoms with Crippen LogP contribution in [0.5, 0.6) is 0 Å². The third kappa shape index (κ3) is 2.63. The highest BCUT2D eigenvalue weighted by molar-refractivity contribution is 7.10. The van der Waals surface area contributed by atoms with E-state index >= 15 is 0 Å². The van der Waals surface area contributed by atoms with E-state index in [4.69, 9.17) is 0 Å². The molecule has 2 aromatic rings. The van der Waals surface area contributed by atoms with Gasteiger partial charge in [0.1, 0.15) is 5.82 Å². The molecule has 2 aromatic heterocycles. The van der Waals surface area contributed by atoms with Crippen molar-refractivity contribution in [2.45, 2.75) is 32.2 Å². The number of hydrogen-bond acceptors (Lipinski definition) is 4. The fourth-order valence-corrected chi connectivity index (χ4v) is 4.46. The number of nitrogens with one attached hydrogen (secondary N) is 1. The quantitative estimate of drug-likeness (QED) is 0.916. The second kappa shape index (κ2) is 5.64. The van der Waals surface area contributed by atoms with Crippen molar-refractivity contribution in [1.82, 2.24) is 10.3 Å². The first-order valence-electron chi connectivity index (χ1n) is 7.82. The van der Waals surface area contributed by atoms with Crippen molar-refractivity contribution >= 4 is 23.1 Å². The van der Waals surface area contributed by atoms with E-state index in [1.165, 1.54) is 4.88 Å². The fraction of sp³-hybridized carbons (Fsp3) is 0.444. The molecule has 1 aliphatic carbocycles. The fourth-order valence-electron chi connectivity index (χ4n) is 3.36. The summed E-state index contributed by atoms with van der Waals surface area (Å²) in [6.07, 6.45) is 2.68. The van der Waals surface area contributed by atoms with Crippen LogP contribution >= 0.6 is 11.3 Å². The summed E-state index contributed by atoms with van der Waals surface area (Å²) in [6, 6.07) is 8.02. The molecule has 1 saturated carbocycles. The zero-order valence-corrected chi connectivity index (χ0v) is 14.9. The molecule has 0 saturated heterocycles. The Morgan fingerprint density at radius 2 is 2.09 bits per heavy atom. The lowest BCUT2D eigenvalue weighted by molar-refractivity contribution is -0.124. The SMILES string of the molecule is CN(C)c1ncccc1CNC(=O)[C@]1(c2cccs2)CC1(C)C. The monoisotopic (exact) mass is 329 g/mol. The second-order valence-electron chi connectivity index (χ2n) is 7.01. The van der Waals surface area contributed by atoms with Crippen LogP contribution in [-0.4, -0.2) is 25.0 Å². The summed E-state index contributed by atoms with van der Waals surface area (Å²) in [4.78, 5) is 20.5. The number of thiophene rings is 1. The molecule has 23 heavy (non-hydrogen) atoms. The molecule has 1 fully saturated rings. The first-order chi connectivity index (χ1) is 10.9. The van der Waals surface area contributed by atoms with Gasteiger partial charge in [-0.15, -0.1) is 11.3 Å². The van der Waals surface area contributed by atoms with Gasteiger partial charge in [-0.3, -0.25) is 4.79 Å². The number of hydrogen-bond donors (Lipinski definition) is 1. The molecule has 0 radical (unpaired) electrons. The maximum Gasteiger partial charge on any atom is 0.232 e. The molecule has 0 aliphatic heterocycles. The molecule has 1 aliphatic rings. The van der Waals surface area contributed by atoms with Crippen molar-refractivity contribution < 1.29 is 4.79 Å². The van der Waals surface area contributed by atoms with Crippen molar-refractivity contribution in [2.24, 2.45) is 5.41 Å². The maximum absolute atomic E-state index is 13.0. The van der Waals surface area contributed by atoms with Gasteiger partial charge in [0.05, 0.1) is 5.41 Å². The Hall–Kier alpha value is -1.88. The first-order valence-corrected chi connectivity index (χ1v) is 8.70. The zero-order chi connectivity index (χ0) is 16.7. The molecule has 0 unspecified atom stereocenters. The van der Waals surface area contributed by atoms with Crippen LogP contribution in [0, 0.1) is 5.41 Å². The molecule has 4 nitrogen and oxygen atoms in total.